The van der Waals surface area contributed by atoms with E-state index in [4.69, 9.17) is 15.2 Å². The molecule has 0 bridgehead atoms. The zero-order valence-corrected chi connectivity index (χ0v) is 11.5. The SMILES string of the molecule is NC(=O)c1ccccc1CNc1ccc2c(c1)OCCO2. The normalized spacial score (nSPS) is 12.8. The molecule has 2 aromatic carbocycles. The summed E-state index contributed by atoms with van der Waals surface area (Å²) in [6.07, 6.45) is 0. The van der Waals surface area contributed by atoms with E-state index in [9.17, 15) is 4.79 Å². The standard InChI is InChI=1S/C16H16N2O3/c17-16(19)13-4-2-1-3-11(13)10-18-12-5-6-14-15(9-12)21-8-7-20-14/h1-6,9,18H,7-8,10H2,(H2,17,19). The zero-order chi connectivity index (χ0) is 14.7. The maximum Gasteiger partial charge on any atom is 0.249 e. The van der Waals surface area contributed by atoms with Crippen molar-refractivity contribution in [3.8, 4) is 11.5 Å². The lowest BCUT2D eigenvalue weighted by molar-refractivity contribution is 0.0999. The van der Waals surface area contributed by atoms with Crippen molar-refractivity contribution in [2.75, 3.05) is 18.5 Å². The summed E-state index contributed by atoms with van der Waals surface area (Å²) in [6, 6.07) is 13.0. The first-order chi connectivity index (χ1) is 10.2. The summed E-state index contributed by atoms with van der Waals surface area (Å²) < 4.78 is 11.0. The molecule has 0 unspecified atom stereocenters. The van der Waals surface area contributed by atoms with Crippen molar-refractivity contribution in [3.05, 3.63) is 53.6 Å². The number of fused-ring (bicyclic) bond motifs is 1. The van der Waals surface area contributed by atoms with Crippen LogP contribution in [0.5, 0.6) is 11.5 Å². The molecule has 0 aromatic heterocycles. The monoisotopic (exact) mass is 284 g/mol. The number of benzene rings is 2. The summed E-state index contributed by atoms with van der Waals surface area (Å²) in [6.45, 7) is 1.64. The Bertz CT molecular complexity index is 670. The van der Waals surface area contributed by atoms with Crippen LogP contribution in [0.1, 0.15) is 15.9 Å². The molecule has 3 rings (SSSR count). The number of nitrogens with two attached hydrogens (primary N) is 1. The summed E-state index contributed by atoms with van der Waals surface area (Å²) >= 11 is 0. The van der Waals surface area contributed by atoms with E-state index in [1.54, 1.807) is 12.1 Å². The van der Waals surface area contributed by atoms with E-state index in [2.05, 4.69) is 5.32 Å². The molecule has 21 heavy (non-hydrogen) atoms. The van der Waals surface area contributed by atoms with Crippen LogP contribution in [-0.4, -0.2) is 19.1 Å². The number of hydrogen-bond acceptors (Lipinski definition) is 4. The maximum atomic E-state index is 11.4. The number of nitrogens with one attached hydrogen (secondary N) is 1. The minimum Gasteiger partial charge on any atom is -0.486 e. The lowest BCUT2D eigenvalue weighted by atomic mass is 10.1. The lowest BCUT2D eigenvalue weighted by Gasteiger charge is -2.19. The van der Waals surface area contributed by atoms with Gasteiger partial charge in [0.1, 0.15) is 13.2 Å². The molecule has 108 valence electrons. The Morgan fingerprint density at radius 2 is 1.86 bits per heavy atom. The molecule has 0 spiro atoms. The van der Waals surface area contributed by atoms with Gasteiger partial charge in [-0.25, -0.2) is 0 Å². The van der Waals surface area contributed by atoms with Gasteiger partial charge in [0.25, 0.3) is 0 Å². The third kappa shape index (κ3) is 2.91. The smallest absolute Gasteiger partial charge is 0.249 e. The first kappa shape index (κ1) is 13.3. The lowest BCUT2D eigenvalue weighted by Crippen LogP contribution is -2.16. The van der Waals surface area contributed by atoms with Gasteiger partial charge in [0.05, 0.1) is 0 Å². The second-order valence-corrected chi connectivity index (χ2v) is 4.73. The van der Waals surface area contributed by atoms with Crippen LogP contribution < -0.4 is 20.5 Å². The summed E-state index contributed by atoms with van der Waals surface area (Å²) in [5.41, 5.74) is 7.66. The van der Waals surface area contributed by atoms with Crippen LogP contribution in [-0.2, 0) is 6.54 Å². The quantitative estimate of drug-likeness (QED) is 0.902. The zero-order valence-electron chi connectivity index (χ0n) is 11.5. The van der Waals surface area contributed by atoms with Gasteiger partial charge in [0.15, 0.2) is 11.5 Å². The molecule has 0 aliphatic carbocycles. The van der Waals surface area contributed by atoms with E-state index >= 15 is 0 Å². The van der Waals surface area contributed by atoms with E-state index in [1.165, 1.54) is 0 Å². The van der Waals surface area contributed by atoms with Crippen LogP contribution in [0, 0.1) is 0 Å². The highest BCUT2D eigenvalue weighted by Gasteiger charge is 2.12. The highest BCUT2D eigenvalue weighted by molar-refractivity contribution is 5.94. The van der Waals surface area contributed by atoms with Gasteiger partial charge in [0, 0.05) is 23.9 Å². The number of primary amides is 1. The molecule has 1 amide bonds. The van der Waals surface area contributed by atoms with Crippen molar-refractivity contribution in [1.29, 1.82) is 0 Å². The van der Waals surface area contributed by atoms with Gasteiger partial charge >= 0.3 is 0 Å². The Morgan fingerprint density at radius 1 is 1.10 bits per heavy atom. The molecule has 0 saturated carbocycles. The van der Waals surface area contributed by atoms with Crippen LogP contribution in [0.2, 0.25) is 0 Å². The van der Waals surface area contributed by atoms with Gasteiger partial charge in [0.2, 0.25) is 5.91 Å². The van der Waals surface area contributed by atoms with Crippen LogP contribution in [0.4, 0.5) is 5.69 Å². The van der Waals surface area contributed by atoms with E-state index in [0.29, 0.717) is 25.3 Å². The predicted molar refractivity (Wildman–Crippen MR) is 79.7 cm³/mol. The molecule has 3 N–H and O–H groups in total. The number of anilines is 1. The molecule has 1 heterocycles. The van der Waals surface area contributed by atoms with Crippen molar-refractivity contribution in [3.63, 3.8) is 0 Å². The Kier molecular flexibility index (Phi) is 3.64. The number of ether oxygens (including phenoxy) is 2. The highest BCUT2D eigenvalue weighted by Crippen LogP contribution is 2.32. The highest BCUT2D eigenvalue weighted by atomic mass is 16.6. The third-order valence-electron chi connectivity index (χ3n) is 3.31. The van der Waals surface area contributed by atoms with Gasteiger partial charge in [-0.2, -0.15) is 0 Å². The second kappa shape index (κ2) is 5.75. The van der Waals surface area contributed by atoms with E-state index < -0.39 is 5.91 Å². The van der Waals surface area contributed by atoms with E-state index in [1.807, 2.05) is 30.3 Å². The number of hydrogen-bond donors (Lipinski definition) is 2. The first-order valence-corrected chi connectivity index (χ1v) is 6.75. The molecule has 0 atom stereocenters. The molecule has 5 heteroatoms. The number of carbonyl (C=O) groups excluding carboxylic acids is 1. The van der Waals surface area contributed by atoms with Crippen molar-refractivity contribution in [2.45, 2.75) is 6.54 Å². The molecule has 1 aliphatic heterocycles. The fourth-order valence-electron chi connectivity index (χ4n) is 2.27. The summed E-state index contributed by atoms with van der Waals surface area (Å²) in [4.78, 5) is 11.4. The van der Waals surface area contributed by atoms with Crippen molar-refractivity contribution < 1.29 is 14.3 Å². The number of rotatable bonds is 4. The van der Waals surface area contributed by atoms with Gasteiger partial charge in [-0.15, -0.1) is 0 Å². The molecule has 2 aromatic rings. The number of amides is 1. The Morgan fingerprint density at radius 3 is 2.67 bits per heavy atom. The molecular formula is C16H16N2O3. The summed E-state index contributed by atoms with van der Waals surface area (Å²) in [7, 11) is 0. The minimum absolute atomic E-state index is 0.422. The third-order valence-corrected chi connectivity index (χ3v) is 3.31. The van der Waals surface area contributed by atoms with Crippen LogP contribution in [0.15, 0.2) is 42.5 Å². The second-order valence-electron chi connectivity index (χ2n) is 4.73. The minimum atomic E-state index is -0.422. The summed E-state index contributed by atoms with van der Waals surface area (Å²) in [5, 5.41) is 3.26. The molecule has 0 fully saturated rings. The van der Waals surface area contributed by atoms with Crippen LogP contribution in [0.25, 0.3) is 0 Å². The maximum absolute atomic E-state index is 11.4. The largest absolute Gasteiger partial charge is 0.486 e. The summed E-state index contributed by atoms with van der Waals surface area (Å²) in [5.74, 6) is 1.06. The molecule has 1 aliphatic rings. The average Bonchev–Trinajstić information content (AvgIpc) is 2.53. The van der Waals surface area contributed by atoms with Crippen LogP contribution >= 0.6 is 0 Å². The fraction of sp³-hybridized carbons (Fsp3) is 0.188. The van der Waals surface area contributed by atoms with Crippen molar-refractivity contribution in [2.24, 2.45) is 5.73 Å². The number of carbonyl (C=O) groups is 1. The Labute approximate surface area is 122 Å². The average molecular weight is 284 g/mol. The Balaban J connectivity index is 1.75. The molecule has 0 radical (unpaired) electrons. The molecular weight excluding hydrogens is 268 g/mol. The topological polar surface area (TPSA) is 73.6 Å². The van der Waals surface area contributed by atoms with Crippen LogP contribution in [0.3, 0.4) is 0 Å². The molecule has 0 saturated heterocycles. The van der Waals surface area contributed by atoms with Crippen molar-refractivity contribution in [1.82, 2.24) is 0 Å². The van der Waals surface area contributed by atoms with E-state index in [-0.39, 0.29) is 0 Å². The van der Waals surface area contributed by atoms with Gasteiger partial charge in [-0.05, 0) is 23.8 Å². The van der Waals surface area contributed by atoms with Gasteiger partial charge < -0.3 is 20.5 Å². The Hall–Kier alpha value is -2.69. The van der Waals surface area contributed by atoms with Crippen molar-refractivity contribution >= 4 is 11.6 Å². The first-order valence-electron chi connectivity index (χ1n) is 6.75. The van der Waals surface area contributed by atoms with Gasteiger partial charge in [-0.1, -0.05) is 18.2 Å². The molecule has 5 nitrogen and oxygen atoms in total. The fourth-order valence-corrected chi connectivity index (χ4v) is 2.27. The predicted octanol–water partition coefficient (Wildman–Crippen LogP) is 2.17. The van der Waals surface area contributed by atoms with Gasteiger partial charge in [-0.3, -0.25) is 4.79 Å². The van der Waals surface area contributed by atoms with E-state index in [0.717, 1.165) is 22.7 Å².